The molecule has 0 heterocycles. The topological polar surface area (TPSA) is 73.6 Å². The number of nitro groups is 1. The Labute approximate surface area is 106 Å². The first-order chi connectivity index (χ1) is 8.56. The molecular formula is C12H18N2O4. The molecule has 1 aromatic rings. The van der Waals surface area contributed by atoms with E-state index in [1.54, 1.807) is 14.2 Å². The van der Waals surface area contributed by atoms with E-state index in [1.807, 2.05) is 13.0 Å². The van der Waals surface area contributed by atoms with Crippen molar-refractivity contribution in [2.75, 3.05) is 32.7 Å². The lowest BCUT2D eigenvalue weighted by Crippen LogP contribution is -2.26. The molecule has 100 valence electrons. The zero-order chi connectivity index (χ0) is 13.5. The minimum Gasteiger partial charge on any atom is -0.382 e. The molecule has 0 aromatic heterocycles. The monoisotopic (exact) mass is 254 g/mol. The second-order valence-electron chi connectivity index (χ2n) is 4.01. The Hall–Kier alpha value is -1.66. The number of non-ortho nitro benzene ring substituents is 1. The second kappa shape index (κ2) is 6.93. The highest BCUT2D eigenvalue weighted by Crippen LogP contribution is 2.20. The van der Waals surface area contributed by atoms with Crippen LogP contribution in [0.4, 0.5) is 11.4 Å². The molecule has 1 atom stereocenters. The molecule has 0 saturated carbocycles. The highest BCUT2D eigenvalue weighted by molar-refractivity contribution is 5.53. The molecule has 0 fully saturated rings. The molecule has 6 nitrogen and oxygen atoms in total. The van der Waals surface area contributed by atoms with Crippen LogP contribution in [-0.4, -0.2) is 38.4 Å². The fraction of sp³-hybridized carbons (Fsp3) is 0.500. The average molecular weight is 254 g/mol. The van der Waals surface area contributed by atoms with Gasteiger partial charge in [-0.05, 0) is 18.6 Å². The van der Waals surface area contributed by atoms with Crippen LogP contribution in [0.25, 0.3) is 0 Å². The third-order valence-electron chi connectivity index (χ3n) is 2.49. The maximum absolute atomic E-state index is 10.7. The second-order valence-corrected chi connectivity index (χ2v) is 4.01. The number of nitrogens with zero attached hydrogens (tertiary/aromatic N) is 1. The first-order valence-electron chi connectivity index (χ1n) is 5.58. The zero-order valence-corrected chi connectivity index (χ0v) is 10.8. The summed E-state index contributed by atoms with van der Waals surface area (Å²) in [6.45, 7) is 2.82. The lowest BCUT2D eigenvalue weighted by Gasteiger charge is -2.16. The lowest BCUT2D eigenvalue weighted by atomic mass is 10.2. The van der Waals surface area contributed by atoms with E-state index in [9.17, 15) is 10.1 Å². The maximum Gasteiger partial charge on any atom is 0.271 e. The van der Waals surface area contributed by atoms with Crippen LogP contribution in [0.5, 0.6) is 0 Å². The molecule has 0 aliphatic carbocycles. The van der Waals surface area contributed by atoms with E-state index in [0.29, 0.717) is 18.8 Å². The van der Waals surface area contributed by atoms with Gasteiger partial charge < -0.3 is 14.8 Å². The van der Waals surface area contributed by atoms with Gasteiger partial charge in [0.25, 0.3) is 5.69 Å². The molecule has 0 bridgehead atoms. The summed E-state index contributed by atoms with van der Waals surface area (Å²) in [6, 6.07) is 4.90. The Balaban J connectivity index is 2.69. The third kappa shape index (κ3) is 4.31. The number of hydrogen-bond acceptors (Lipinski definition) is 5. The predicted molar refractivity (Wildman–Crippen MR) is 69.0 cm³/mol. The van der Waals surface area contributed by atoms with E-state index in [-0.39, 0.29) is 11.8 Å². The summed E-state index contributed by atoms with van der Waals surface area (Å²) >= 11 is 0. The number of nitro benzene ring substituents is 1. The Morgan fingerprint density at radius 2 is 2.11 bits per heavy atom. The van der Waals surface area contributed by atoms with Crippen molar-refractivity contribution in [2.24, 2.45) is 0 Å². The zero-order valence-electron chi connectivity index (χ0n) is 10.8. The Morgan fingerprint density at radius 1 is 1.39 bits per heavy atom. The van der Waals surface area contributed by atoms with E-state index in [2.05, 4.69) is 5.32 Å². The number of benzene rings is 1. The van der Waals surface area contributed by atoms with E-state index < -0.39 is 4.92 Å². The minimum absolute atomic E-state index is 0.0817. The standard InChI is InChI=1S/C12H18N2O4/c1-9-4-10(6-11(5-9)14(15)16)13-7-12(18-3)8-17-2/h4-6,12-13H,7-8H2,1-3H3. The number of rotatable bonds is 7. The summed E-state index contributed by atoms with van der Waals surface area (Å²) < 4.78 is 10.2. The van der Waals surface area contributed by atoms with Crippen LogP contribution in [0.3, 0.4) is 0 Å². The molecule has 0 aliphatic rings. The average Bonchev–Trinajstić information content (AvgIpc) is 2.33. The molecular weight excluding hydrogens is 236 g/mol. The maximum atomic E-state index is 10.7. The third-order valence-corrected chi connectivity index (χ3v) is 2.49. The van der Waals surface area contributed by atoms with Crippen LogP contribution in [0.1, 0.15) is 5.56 Å². The largest absolute Gasteiger partial charge is 0.382 e. The van der Waals surface area contributed by atoms with Crippen molar-refractivity contribution in [1.82, 2.24) is 0 Å². The fourth-order valence-corrected chi connectivity index (χ4v) is 1.60. The first kappa shape index (κ1) is 14.4. The Bertz CT molecular complexity index is 409. The summed E-state index contributed by atoms with van der Waals surface area (Å²) in [6.07, 6.45) is -0.0884. The molecule has 1 aromatic carbocycles. The Kier molecular flexibility index (Phi) is 5.54. The summed E-state index contributed by atoms with van der Waals surface area (Å²) in [5.41, 5.74) is 1.63. The van der Waals surface area contributed by atoms with Gasteiger partial charge in [0.05, 0.1) is 17.6 Å². The fourth-order valence-electron chi connectivity index (χ4n) is 1.60. The minimum atomic E-state index is -0.402. The summed E-state index contributed by atoms with van der Waals surface area (Å²) in [4.78, 5) is 10.3. The number of ether oxygens (including phenoxy) is 2. The molecule has 6 heteroatoms. The van der Waals surface area contributed by atoms with Gasteiger partial charge >= 0.3 is 0 Å². The van der Waals surface area contributed by atoms with Crippen molar-refractivity contribution in [3.8, 4) is 0 Å². The summed E-state index contributed by atoms with van der Waals surface area (Å²) in [5, 5.41) is 13.8. The highest BCUT2D eigenvalue weighted by Gasteiger charge is 2.10. The van der Waals surface area contributed by atoms with Crippen molar-refractivity contribution in [3.05, 3.63) is 33.9 Å². The van der Waals surface area contributed by atoms with Gasteiger partial charge in [-0.15, -0.1) is 0 Å². The molecule has 0 amide bonds. The van der Waals surface area contributed by atoms with Crippen molar-refractivity contribution in [3.63, 3.8) is 0 Å². The smallest absolute Gasteiger partial charge is 0.271 e. The van der Waals surface area contributed by atoms with Gasteiger partial charge in [-0.3, -0.25) is 10.1 Å². The van der Waals surface area contributed by atoms with E-state index in [0.717, 1.165) is 5.56 Å². The van der Waals surface area contributed by atoms with Crippen molar-refractivity contribution in [1.29, 1.82) is 0 Å². The molecule has 1 rings (SSSR count). The number of aryl methyl sites for hydroxylation is 1. The lowest BCUT2D eigenvalue weighted by molar-refractivity contribution is -0.384. The number of methoxy groups -OCH3 is 2. The Morgan fingerprint density at radius 3 is 2.67 bits per heavy atom. The van der Waals surface area contributed by atoms with Crippen LogP contribution in [0, 0.1) is 17.0 Å². The molecule has 0 aliphatic heterocycles. The van der Waals surface area contributed by atoms with Gasteiger partial charge in [-0.1, -0.05) is 0 Å². The molecule has 0 saturated heterocycles. The number of hydrogen-bond donors (Lipinski definition) is 1. The van der Waals surface area contributed by atoms with Gasteiger partial charge in [0.2, 0.25) is 0 Å². The molecule has 0 radical (unpaired) electrons. The van der Waals surface area contributed by atoms with Crippen molar-refractivity contribution < 1.29 is 14.4 Å². The van der Waals surface area contributed by atoms with Crippen LogP contribution >= 0.6 is 0 Å². The van der Waals surface area contributed by atoms with Gasteiger partial charge in [-0.2, -0.15) is 0 Å². The van der Waals surface area contributed by atoms with Gasteiger partial charge in [0, 0.05) is 38.6 Å². The molecule has 18 heavy (non-hydrogen) atoms. The van der Waals surface area contributed by atoms with E-state index in [1.165, 1.54) is 12.1 Å². The molecule has 1 N–H and O–H groups in total. The number of nitrogens with one attached hydrogen (secondary N) is 1. The highest BCUT2D eigenvalue weighted by atomic mass is 16.6. The van der Waals surface area contributed by atoms with Crippen LogP contribution in [0.15, 0.2) is 18.2 Å². The van der Waals surface area contributed by atoms with Crippen LogP contribution < -0.4 is 5.32 Å². The normalized spacial score (nSPS) is 12.2. The SMILES string of the molecule is COCC(CNc1cc(C)cc([N+](=O)[O-])c1)OC. The van der Waals surface area contributed by atoms with Crippen molar-refractivity contribution in [2.45, 2.75) is 13.0 Å². The first-order valence-corrected chi connectivity index (χ1v) is 5.58. The number of anilines is 1. The van der Waals surface area contributed by atoms with Crippen LogP contribution in [-0.2, 0) is 9.47 Å². The van der Waals surface area contributed by atoms with Crippen LogP contribution in [0.2, 0.25) is 0 Å². The van der Waals surface area contributed by atoms with Gasteiger partial charge in [0.15, 0.2) is 0 Å². The van der Waals surface area contributed by atoms with Gasteiger partial charge in [0.1, 0.15) is 0 Å². The summed E-state index contributed by atoms with van der Waals surface area (Å²) in [5.74, 6) is 0. The quantitative estimate of drug-likeness (QED) is 0.595. The van der Waals surface area contributed by atoms with E-state index >= 15 is 0 Å². The van der Waals surface area contributed by atoms with Gasteiger partial charge in [-0.25, -0.2) is 0 Å². The molecule has 0 spiro atoms. The molecule has 1 unspecified atom stereocenters. The van der Waals surface area contributed by atoms with Crippen molar-refractivity contribution >= 4 is 11.4 Å². The predicted octanol–water partition coefficient (Wildman–Crippen LogP) is 1.98. The summed E-state index contributed by atoms with van der Waals surface area (Å²) in [7, 11) is 3.20. The van der Waals surface area contributed by atoms with E-state index in [4.69, 9.17) is 9.47 Å².